The summed E-state index contributed by atoms with van der Waals surface area (Å²) in [4.78, 5) is 12.4. The molecule has 0 atom stereocenters. The highest BCUT2D eigenvalue weighted by atomic mass is 16.5. The Hall–Kier alpha value is -3.98. The number of nitrogens with zero attached hydrogens (tertiary/aromatic N) is 1. The Balaban J connectivity index is 1.77. The van der Waals surface area contributed by atoms with Crippen LogP contribution in [0, 0.1) is 11.3 Å². The first kappa shape index (κ1) is 18.8. The van der Waals surface area contributed by atoms with Gasteiger partial charge in [-0.1, -0.05) is 6.07 Å². The Morgan fingerprint density at radius 1 is 1.04 bits per heavy atom. The van der Waals surface area contributed by atoms with E-state index in [0.29, 0.717) is 23.0 Å². The molecule has 0 aliphatic rings. The van der Waals surface area contributed by atoms with Crippen molar-refractivity contribution in [3.05, 3.63) is 72.0 Å². The first-order chi connectivity index (χ1) is 13.6. The number of hydrogen-bond acceptors (Lipinski definition) is 5. The van der Waals surface area contributed by atoms with Crippen LogP contribution in [-0.4, -0.2) is 20.1 Å². The molecule has 0 saturated heterocycles. The molecule has 0 saturated carbocycles. The lowest BCUT2D eigenvalue weighted by molar-refractivity contribution is -0.112. The third-order valence-corrected chi connectivity index (χ3v) is 3.98. The molecule has 0 unspecified atom stereocenters. The van der Waals surface area contributed by atoms with Gasteiger partial charge in [0, 0.05) is 23.4 Å². The molecule has 0 aliphatic carbocycles. The molecule has 0 spiro atoms. The van der Waals surface area contributed by atoms with Gasteiger partial charge >= 0.3 is 0 Å². The van der Waals surface area contributed by atoms with E-state index in [4.69, 9.17) is 13.9 Å². The summed E-state index contributed by atoms with van der Waals surface area (Å²) in [5.41, 5.74) is 1.32. The highest BCUT2D eigenvalue weighted by Crippen LogP contribution is 2.25. The smallest absolute Gasteiger partial charge is 0.266 e. The van der Waals surface area contributed by atoms with E-state index in [2.05, 4.69) is 5.32 Å². The average molecular weight is 374 g/mol. The molecule has 0 fully saturated rings. The lowest BCUT2D eigenvalue weighted by atomic mass is 10.2. The minimum absolute atomic E-state index is 0.0709. The van der Waals surface area contributed by atoms with Gasteiger partial charge in [-0.15, -0.1) is 0 Å². The predicted octanol–water partition coefficient (Wildman–Crippen LogP) is 4.51. The Kier molecular flexibility index (Phi) is 5.78. The van der Waals surface area contributed by atoms with E-state index in [1.165, 1.54) is 6.08 Å². The molecule has 0 aliphatic heterocycles. The predicted molar refractivity (Wildman–Crippen MR) is 106 cm³/mol. The highest BCUT2D eigenvalue weighted by Gasteiger charge is 2.12. The van der Waals surface area contributed by atoms with Crippen molar-refractivity contribution < 1.29 is 18.7 Å². The van der Waals surface area contributed by atoms with E-state index in [1.54, 1.807) is 50.6 Å². The fraction of sp³-hybridized carbons (Fsp3) is 0.0909. The van der Waals surface area contributed by atoms with E-state index in [1.807, 2.05) is 30.3 Å². The van der Waals surface area contributed by atoms with E-state index in [-0.39, 0.29) is 5.57 Å². The van der Waals surface area contributed by atoms with E-state index in [0.717, 1.165) is 11.3 Å². The molecule has 3 rings (SSSR count). The zero-order chi connectivity index (χ0) is 19.9. The number of carbonyl (C=O) groups excluding carboxylic acids is 1. The molecule has 1 amide bonds. The van der Waals surface area contributed by atoms with Gasteiger partial charge in [0.15, 0.2) is 0 Å². The second kappa shape index (κ2) is 8.60. The van der Waals surface area contributed by atoms with Crippen LogP contribution in [0.5, 0.6) is 11.5 Å². The third kappa shape index (κ3) is 4.40. The summed E-state index contributed by atoms with van der Waals surface area (Å²) in [6, 6.07) is 19.7. The molecular formula is C22H18N2O4. The maximum absolute atomic E-state index is 12.4. The van der Waals surface area contributed by atoms with Crippen LogP contribution in [0.2, 0.25) is 0 Å². The minimum atomic E-state index is -0.529. The van der Waals surface area contributed by atoms with Crippen LogP contribution in [0.3, 0.4) is 0 Å². The number of hydrogen-bond donors (Lipinski definition) is 1. The van der Waals surface area contributed by atoms with Crippen LogP contribution in [0.4, 0.5) is 5.69 Å². The van der Waals surface area contributed by atoms with Crippen LogP contribution in [-0.2, 0) is 4.79 Å². The van der Waals surface area contributed by atoms with Crippen LogP contribution in [0.25, 0.3) is 17.4 Å². The van der Waals surface area contributed by atoms with Gasteiger partial charge in [0.25, 0.3) is 5.91 Å². The van der Waals surface area contributed by atoms with Crippen LogP contribution in [0.1, 0.15) is 5.76 Å². The Labute approximate surface area is 162 Å². The number of ether oxygens (including phenoxy) is 2. The maximum atomic E-state index is 12.4. The largest absolute Gasteiger partial charge is 0.497 e. The topological polar surface area (TPSA) is 84.5 Å². The van der Waals surface area contributed by atoms with Crippen molar-refractivity contribution in [1.82, 2.24) is 0 Å². The molecule has 3 aromatic rings. The van der Waals surface area contributed by atoms with Gasteiger partial charge in [0.1, 0.15) is 34.7 Å². The molecule has 2 aromatic carbocycles. The van der Waals surface area contributed by atoms with Crippen molar-refractivity contribution in [3.63, 3.8) is 0 Å². The van der Waals surface area contributed by atoms with Gasteiger partial charge in [-0.2, -0.15) is 5.26 Å². The molecule has 0 radical (unpaired) electrons. The lowest BCUT2D eigenvalue weighted by Gasteiger charge is -2.06. The summed E-state index contributed by atoms with van der Waals surface area (Å²) in [7, 11) is 3.14. The van der Waals surface area contributed by atoms with Crippen LogP contribution >= 0.6 is 0 Å². The molecule has 28 heavy (non-hydrogen) atoms. The number of rotatable bonds is 6. The van der Waals surface area contributed by atoms with Gasteiger partial charge < -0.3 is 19.2 Å². The first-order valence-corrected chi connectivity index (χ1v) is 8.44. The van der Waals surface area contributed by atoms with E-state index in [9.17, 15) is 10.1 Å². The van der Waals surface area contributed by atoms with Crippen molar-refractivity contribution in [2.45, 2.75) is 0 Å². The molecule has 6 heteroatoms. The van der Waals surface area contributed by atoms with E-state index >= 15 is 0 Å². The van der Waals surface area contributed by atoms with Gasteiger partial charge in [-0.3, -0.25) is 4.79 Å². The summed E-state index contributed by atoms with van der Waals surface area (Å²) in [5.74, 6) is 1.85. The molecule has 1 heterocycles. The van der Waals surface area contributed by atoms with Crippen LogP contribution in [0.15, 0.2) is 70.7 Å². The normalized spacial score (nSPS) is 10.8. The number of nitrogens with one attached hydrogen (secondary N) is 1. The van der Waals surface area contributed by atoms with Gasteiger partial charge in [-0.05, 0) is 48.5 Å². The maximum Gasteiger partial charge on any atom is 0.266 e. The van der Waals surface area contributed by atoms with Gasteiger partial charge in [0.2, 0.25) is 0 Å². The molecule has 140 valence electrons. The SMILES string of the molecule is COc1ccc(-c2ccc(C=C(C#N)C(=O)Nc3cccc(OC)c3)o2)cc1. The van der Waals surface area contributed by atoms with Crippen molar-refractivity contribution in [3.8, 4) is 28.9 Å². The summed E-state index contributed by atoms with van der Waals surface area (Å²) >= 11 is 0. The standard InChI is InChI=1S/C22H18N2O4/c1-26-18-8-6-15(7-9-18)21-11-10-20(28-21)12-16(14-23)22(25)24-17-4-3-5-19(13-17)27-2/h3-13H,1-2H3,(H,24,25). The fourth-order valence-corrected chi connectivity index (χ4v) is 2.53. The van der Waals surface area contributed by atoms with Gasteiger partial charge in [-0.25, -0.2) is 0 Å². The van der Waals surface area contributed by atoms with Crippen molar-refractivity contribution in [2.75, 3.05) is 19.5 Å². The summed E-state index contributed by atoms with van der Waals surface area (Å²) < 4.78 is 16.0. The second-order valence-corrected chi connectivity index (χ2v) is 5.79. The summed E-state index contributed by atoms with van der Waals surface area (Å²) in [6.07, 6.45) is 1.41. The number of furan rings is 1. The number of methoxy groups -OCH3 is 2. The summed E-state index contributed by atoms with van der Waals surface area (Å²) in [6.45, 7) is 0. The molecule has 1 aromatic heterocycles. The molecule has 0 bridgehead atoms. The van der Waals surface area contributed by atoms with Crippen molar-refractivity contribution >= 4 is 17.7 Å². The Bertz CT molecular complexity index is 1040. The number of anilines is 1. The Morgan fingerprint density at radius 2 is 1.79 bits per heavy atom. The fourth-order valence-electron chi connectivity index (χ4n) is 2.53. The van der Waals surface area contributed by atoms with Crippen LogP contribution < -0.4 is 14.8 Å². The zero-order valence-electron chi connectivity index (χ0n) is 15.4. The first-order valence-electron chi connectivity index (χ1n) is 8.44. The minimum Gasteiger partial charge on any atom is -0.497 e. The monoisotopic (exact) mass is 374 g/mol. The highest BCUT2D eigenvalue weighted by molar-refractivity contribution is 6.09. The number of amides is 1. The van der Waals surface area contributed by atoms with Gasteiger partial charge in [0.05, 0.1) is 14.2 Å². The number of carbonyl (C=O) groups is 1. The van der Waals surface area contributed by atoms with Crippen molar-refractivity contribution in [1.29, 1.82) is 5.26 Å². The average Bonchev–Trinajstić information content (AvgIpc) is 3.20. The summed E-state index contributed by atoms with van der Waals surface area (Å²) in [5, 5.41) is 12.0. The Morgan fingerprint density at radius 3 is 2.46 bits per heavy atom. The number of nitriles is 1. The number of benzene rings is 2. The third-order valence-electron chi connectivity index (χ3n) is 3.98. The quantitative estimate of drug-likeness (QED) is 0.507. The second-order valence-electron chi connectivity index (χ2n) is 5.79. The molecular weight excluding hydrogens is 356 g/mol. The lowest BCUT2D eigenvalue weighted by Crippen LogP contribution is -2.13. The van der Waals surface area contributed by atoms with Crippen molar-refractivity contribution in [2.24, 2.45) is 0 Å². The van der Waals surface area contributed by atoms with E-state index < -0.39 is 5.91 Å². The molecule has 6 nitrogen and oxygen atoms in total. The zero-order valence-corrected chi connectivity index (χ0v) is 15.4. The molecule has 1 N–H and O–H groups in total.